The number of para-hydroxylation sites is 1. The molecule has 0 bridgehead atoms. The number of rotatable bonds is 3. The van der Waals surface area contributed by atoms with E-state index >= 15 is 0 Å². The van der Waals surface area contributed by atoms with Crippen LogP contribution < -0.4 is 5.01 Å². The Labute approximate surface area is 120 Å². The monoisotopic (exact) mass is 284 g/mol. The zero-order valence-corrected chi connectivity index (χ0v) is 11.6. The molecule has 0 fully saturated rings. The molecule has 1 aliphatic rings. The van der Waals surface area contributed by atoms with E-state index < -0.39 is 5.92 Å². The molecule has 2 heterocycles. The second kappa shape index (κ2) is 5.02. The molecule has 1 unspecified atom stereocenters. The Morgan fingerprint density at radius 1 is 1.20 bits per heavy atom. The highest BCUT2D eigenvalue weighted by atomic mass is 32.1. The lowest BCUT2D eigenvalue weighted by molar-refractivity contribution is -0.118. The number of hydrogen-bond donors (Lipinski definition) is 0. The summed E-state index contributed by atoms with van der Waals surface area (Å²) in [6.07, 6.45) is 0. The van der Waals surface area contributed by atoms with E-state index in [9.17, 15) is 9.59 Å². The SMILES string of the molecule is CC1=NN(c2ccccc2)C(=O)C1C(=O)c1cccs1. The van der Waals surface area contributed by atoms with Gasteiger partial charge in [-0.1, -0.05) is 24.3 Å². The first-order chi connectivity index (χ1) is 9.68. The van der Waals surface area contributed by atoms with E-state index in [1.165, 1.54) is 16.3 Å². The van der Waals surface area contributed by atoms with Crippen molar-refractivity contribution in [1.29, 1.82) is 0 Å². The Hall–Kier alpha value is -2.27. The summed E-state index contributed by atoms with van der Waals surface area (Å²) < 4.78 is 0. The van der Waals surface area contributed by atoms with Gasteiger partial charge in [-0.15, -0.1) is 11.3 Å². The van der Waals surface area contributed by atoms with Crippen molar-refractivity contribution in [2.24, 2.45) is 11.0 Å². The molecule has 3 rings (SSSR count). The van der Waals surface area contributed by atoms with Gasteiger partial charge in [0.25, 0.3) is 5.91 Å². The van der Waals surface area contributed by atoms with Gasteiger partial charge in [0, 0.05) is 0 Å². The van der Waals surface area contributed by atoms with Crippen molar-refractivity contribution in [2.45, 2.75) is 6.92 Å². The third-order valence-electron chi connectivity index (χ3n) is 3.16. The van der Waals surface area contributed by atoms with Crippen LogP contribution in [0.15, 0.2) is 52.9 Å². The number of hydrazone groups is 1. The van der Waals surface area contributed by atoms with Gasteiger partial charge in [0.1, 0.15) is 5.92 Å². The van der Waals surface area contributed by atoms with Gasteiger partial charge in [0.2, 0.25) is 0 Å². The fraction of sp³-hybridized carbons (Fsp3) is 0.133. The Bertz CT molecular complexity index is 677. The van der Waals surface area contributed by atoms with Crippen LogP contribution in [0, 0.1) is 5.92 Å². The number of benzene rings is 1. The van der Waals surface area contributed by atoms with Gasteiger partial charge in [0.15, 0.2) is 5.78 Å². The first kappa shape index (κ1) is 12.7. The van der Waals surface area contributed by atoms with E-state index in [-0.39, 0.29) is 11.7 Å². The fourth-order valence-electron chi connectivity index (χ4n) is 2.18. The molecule has 0 aliphatic carbocycles. The summed E-state index contributed by atoms with van der Waals surface area (Å²) in [4.78, 5) is 25.4. The highest BCUT2D eigenvalue weighted by Crippen LogP contribution is 2.27. The average Bonchev–Trinajstić information content (AvgIpc) is 3.08. The molecule has 0 radical (unpaired) electrons. The van der Waals surface area contributed by atoms with Gasteiger partial charge in [-0.25, -0.2) is 0 Å². The van der Waals surface area contributed by atoms with Crippen LogP contribution in [0.1, 0.15) is 16.6 Å². The normalized spacial score (nSPS) is 18.2. The summed E-state index contributed by atoms with van der Waals surface area (Å²) in [5.74, 6) is -1.26. The van der Waals surface area contributed by atoms with Crippen LogP contribution in [0.25, 0.3) is 0 Å². The Balaban J connectivity index is 1.92. The van der Waals surface area contributed by atoms with E-state index in [0.29, 0.717) is 16.3 Å². The minimum Gasteiger partial charge on any atom is -0.292 e. The predicted molar refractivity (Wildman–Crippen MR) is 79.2 cm³/mol. The maximum atomic E-state index is 12.4. The lowest BCUT2D eigenvalue weighted by Gasteiger charge is -2.13. The molecule has 1 aromatic carbocycles. The summed E-state index contributed by atoms with van der Waals surface area (Å²) in [7, 11) is 0. The van der Waals surface area contributed by atoms with E-state index in [1.54, 1.807) is 31.2 Å². The average molecular weight is 284 g/mol. The van der Waals surface area contributed by atoms with E-state index in [2.05, 4.69) is 5.10 Å². The standard InChI is InChI=1S/C15H12N2O2S/c1-10-13(14(18)12-8-5-9-20-12)15(19)17(16-10)11-6-3-2-4-7-11/h2-9,13H,1H3. The van der Waals surface area contributed by atoms with Crippen molar-refractivity contribution in [3.8, 4) is 0 Å². The summed E-state index contributed by atoms with van der Waals surface area (Å²) in [5.41, 5.74) is 1.22. The third-order valence-corrected chi connectivity index (χ3v) is 4.04. The van der Waals surface area contributed by atoms with E-state index in [0.717, 1.165) is 0 Å². The number of carbonyl (C=O) groups is 2. The van der Waals surface area contributed by atoms with Crippen LogP contribution in [-0.4, -0.2) is 17.4 Å². The van der Waals surface area contributed by atoms with Gasteiger partial charge in [-0.3, -0.25) is 9.59 Å². The second-order valence-electron chi connectivity index (χ2n) is 4.50. The van der Waals surface area contributed by atoms with Crippen molar-refractivity contribution in [2.75, 3.05) is 5.01 Å². The lowest BCUT2D eigenvalue weighted by Crippen LogP contribution is -2.32. The molecule has 1 amide bonds. The minimum atomic E-state index is -0.797. The smallest absolute Gasteiger partial charge is 0.264 e. The van der Waals surface area contributed by atoms with Crippen LogP contribution in [0.2, 0.25) is 0 Å². The molecule has 1 aliphatic heterocycles. The molecule has 20 heavy (non-hydrogen) atoms. The minimum absolute atomic E-state index is 0.176. The molecule has 1 atom stereocenters. The number of nitrogens with zero attached hydrogens (tertiary/aromatic N) is 2. The van der Waals surface area contributed by atoms with Crippen molar-refractivity contribution >= 4 is 34.4 Å². The summed E-state index contributed by atoms with van der Waals surface area (Å²) >= 11 is 1.34. The summed E-state index contributed by atoms with van der Waals surface area (Å²) in [6, 6.07) is 12.7. The van der Waals surface area contributed by atoms with Gasteiger partial charge in [-0.05, 0) is 30.5 Å². The lowest BCUT2D eigenvalue weighted by atomic mass is 9.98. The number of thiophene rings is 1. The Kier molecular flexibility index (Phi) is 3.20. The quantitative estimate of drug-likeness (QED) is 0.642. The number of hydrogen-bond acceptors (Lipinski definition) is 4. The Morgan fingerprint density at radius 2 is 1.95 bits per heavy atom. The molecule has 0 spiro atoms. The van der Waals surface area contributed by atoms with Crippen LogP contribution >= 0.6 is 11.3 Å². The topological polar surface area (TPSA) is 49.7 Å². The first-order valence-corrected chi connectivity index (χ1v) is 7.08. The van der Waals surface area contributed by atoms with Crippen LogP contribution in [-0.2, 0) is 4.79 Å². The number of amides is 1. The van der Waals surface area contributed by atoms with Crippen LogP contribution in [0.5, 0.6) is 0 Å². The third kappa shape index (κ3) is 2.06. The number of ketones is 1. The van der Waals surface area contributed by atoms with Crippen molar-refractivity contribution < 1.29 is 9.59 Å². The van der Waals surface area contributed by atoms with Gasteiger partial charge < -0.3 is 0 Å². The van der Waals surface area contributed by atoms with E-state index in [1.807, 2.05) is 23.6 Å². The number of Topliss-reactive ketones (excluding diaryl/α,β-unsaturated/α-hetero) is 1. The molecule has 0 saturated carbocycles. The van der Waals surface area contributed by atoms with Gasteiger partial charge in [0.05, 0.1) is 16.3 Å². The van der Waals surface area contributed by atoms with Gasteiger partial charge in [-0.2, -0.15) is 10.1 Å². The largest absolute Gasteiger partial charge is 0.292 e. The highest BCUT2D eigenvalue weighted by molar-refractivity contribution is 7.12. The summed E-state index contributed by atoms with van der Waals surface area (Å²) in [5, 5.41) is 7.37. The number of carbonyl (C=O) groups excluding carboxylic acids is 2. The number of anilines is 1. The van der Waals surface area contributed by atoms with Crippen LogP contribution in [0.4, 0.5) is 5.69 Å². The molecular weight excluding hydrogens is 272 g/mol. The molecule has 0 saturated heterocycles. The van der Waals surface area contributed by atoms with Crippen molar-refractivity contribution in [1.82, 2.24) is 0 Å². The molecule has 0 N–H and O–H groups in total. The first-order valence-electron chi connectivity index (χ1n) is 6.20. The maximum Gasteiger partial charge on any atom is 0.264 e. The van der Waals surface area contributed by atoms with Crippen molar-refractivity contribution in [3.63, 3.8) is 0 Å². The molecular formula is C15H12N2O2S. The predicted octanol–water partition coefficient (Wildman–Crippen LogP) is 2.97. The van der Waals surface area contributed by atoms with Gasteiger partial charge >= 0.3 is 0 Å². The molecule has 5 heteroatoms. The van der Waals surface area contributed by atoms with E-state index in [4.69, 9.17) is 0 Å². The highest BCUT2D eigenvalue weighted by Gasteiger charge is 2.40. The zero-order chi connectivity index (χ0) is 14.1. The van der Waals surface area contributed by atoms with Crippen LogP contribution in [0.3, 0.4) is 0 Å². The Morgan fingerprint density at radius 3 is 2.60 bits per heavy atom. The molecule has 1 aromatic heterocycles. The maximum absolute atomic E-state index is 12.4. The molecule has 4 nitrogen and oxygen atoms in total. The zero-order valence-electron chi connectivity index (χ0n) is 10.8. The fourth-order valence-corrected chi connectivity index (χ4v) is 2.88. The molecule has 2 aromatic rings. The molecule has 100 valence electrons. The second-order valence-corrected chi connectivity index (χ2v) is 5.45. The van der Waals surface area contributed by atoms with Crippen molar-refractivity contribution in [3.05, 3.63) is 52.7 Å². The summed E-state index contributed by atoms with van der Waals surface area (Å²) in [6.45, 7) is 1.72.